The Morgan fingerprint density at radius 1 is 1.07 bits per heavy atom. The number of nitrogens with zero attached hydrogens (tertiary/aromatic N) is 5. The number of rotatable bonds is 3. The molecule has 0 amide bonds. The van der Waals surface area contributed by atoms with Crippen molar-refractivity contribution >= 4 is 23.3 Å². The number of piperazine rings is 1. The van der Waals surface area contributed by atoms with Gasteiger partial charge in [0.25, 0.3) is 0 Å². The van der Waals surface area contributed by atoms with E-state index in [1.807, 2.05) is 17.0 Å². The predicted molar refractivity (Wildman–Crippen MR) is 113 cm³/mol. The van der Waals surface area contributed by atoms with Crippen LogP contribution >= 0.6 is 11.6 Å². The summed E-state index contributed by atoms with van der Waals surface area (Å²) in [6.45, 7) is 7.85. The van der Waals surface area contributed by atoms with Gasteiger partial charge >= 0.3 is 6.18 Å². The summed E-state index contributed by atoms with van der Waals surface area (Å²) < 4.78 is 39.5. The second-order valence-corrected chi connectivity index (χ2v) is 8.80. The minimum absolute atomic E-state index is 0.139. The SMILES string of the molecule is CC1=NC(N2CC[C@H](N3CCN(Cc4ccc(Cl)cc4)CC3)C2)=NC(C(F)(F)F)C1. The molecule has 5 nitrogen and oxygen atoms in total. The van der Waals surface area contributed by atoms with Gasteiger partial charge in [0.05, 0.1) is 0 Å². The Kier molecular flexibility index (Phi) is 6.36. The van der Waals surface area contributed by atoms with Gasteiger partial charge in [-0.25, -0.2) is 9.98 Å². The molecule has 30 heavy (non-hydrogen) atoms. The molecule has 0 bridgehead atoms. The lowest BCUT2D eigenvalue weighted by Gasteiger charge is -2.38. The summed E-state index contributed by atoms with van der Waals surface area (Å²) >= 11 is 5.96. The van der Waals surface area contributed by atoms with Gasteiger partial charge in [-0.15, -0.1) is 0 Å². The first-order valence-corrected chi connectivity index (χ1v) is 10.8. The topological polar surface area (TPSA) is 34.4 Å². The molecule has 1 aromatic rings. The zero-order valence-corrected chi connectivity index (χ0v) is 17.8. The third-order valence-electron chi connectivity index (χ3n) is 6.12. The summed E-state index contributed by atoms with van der Waals surface area (Å²) in [6, 6.07) is 6.63. The quantitative estimate of drug-likeness (QED) is 0.717. The van der Waals surface area contributed by atoms with Crippen LogP contribution in [0.4, 0.5) is 13.2 Å². The molecule has 0 aliphatic carbocycles. The molecule has 1 unspecified atom stereocenters. The number of likely N-dealkylation sites (tertiary alicyclic amines) is 1. The van der Waals surface area contributed by atoms with Crippen molar-refractivity contribution in [2.75, 3.05) is 39.3 Å². The third-order valence-corrected chi connectivity index (χ3v) is 6.37. The Morgan fingerprint density at radius 3 is 2.43 bits per heavy atom. The third kappa shape index (κ3) is 5.15. The number of halogens is 4. The molecule has 9 heteroatoms. The van der Waals surface area contributed by atoms with E-state index >= 15 is 0 Å². The van der Waals surface area contributed by atoms with Crippen molar-refractivity contribution in [3.63, 3.8) is 0 Å². The van der Waals surface area contributed by atoms with Crippen LogP contribution in [0.15, 0.2) is 34.3 Å². The molecule has 0 spiro atoms. The van der Waals surface area contributed by atoms with E-state index in [1.165, 1.54) is 5.56 Å². The zero-order chi connectivity index (χ0) is 21.3. The molecule has 1 aromatic carbocycles. The maximum atomic E-state index is 13.2. The first-order chi connectivity index (χ1) is 14.3. The fraction of sp³-hybridized carbons (Fsp3) is 0.619. The highest BCUT2D eigenvalue weighted by atomic mass is 35.5. The lowest BCUT2D eigenvalue weighted by atomic mass is 10.1. The number of hydrogen-bond donors (Lipinski definition) is 0. The minimum atomic E-state index is -4.32. The van der Waals surface area contributed by atoms with Crippen molar-refractivity contribution in [2.24, 2.45) is 9.98 Å². The molecule has 3 aliphatic rings. The van der Waals surface area contributed by atoms with Gasteiger partial charge in [-0.3, -0.25) is 9.80 Å². The van der Waals surface area contributed by atoms with Gasteiger partial charge in [0.15, 0.2) is 6.04 Å². The van der Waals surface area contributed by atoms with E-state index in [0.29, 0.717) is 24.8 Å². The van der Waals surface area contributed by atoms with E-state index in [9.17, 15) is 13.2 Å². The van der Waals surface area contributed by atoms with Crippen LogP contribution in [0.3, 0.4) is 0 Å². The highest BCUT2D eigenvalue weighted by molar-refractivity contribution is 6.30. The molecule has 0 N–H and O–H groups in total. The Bertz CT molecular complexity index is 800. The van der Waals surface area contributed by atoms with E-state index in [2.05, 4.69) is 31.9 Å². The van der Waals surface area contributed by atoms with Crippen LogP contribution in [-0.4, -0.2) is 83.9 Å². The standard InChI is InChI=1S/C21H27ClF3N5/c1-15-12-19(21(23,24)25)27-20(26-15)30-7-6-18(14-30)29-10-8-28(9-11-29)13-16-2-4-17(22)5-3-16/h2-5,18-19H,6-14H2,1H3/t18-,19?/m0/s1. The van der Waals surface area contributed by atoms with Crippen LogP contribution in [0.1, 0.15) is 25.3 Å². The average molecular weight is 442 g/mol. The molecule has 2 saturated heterocycles. The van der Waals surface area contributed by atoms with Crippen molar-refractivity contribution in [3.05, 3.63) is 34.9 Å². The summed E-state index contributed by atoms with van der Waals surface area (Å²) in [6.07, 6.45) is -3.52. The number of alkyl halides is 3. The highest BCUT2D eigenvalue weighted by Gasteiger charge is 2.42. The summed E-state index contributed by atoms with van der Waals surface area (Å²) in [5, 5.41) is 0.748. The summed E-state index contributed by atoms with van der Waals surface area (Å²) in [5.41, 5.74) is 1.75. The van der Waals surface area contributed by atoms with Crippen LogP contribution in [0, 0.1) is 0 Å². The molecule has 0 aromatic heterocycles. The molecule has 2 fully saturated rings. The molecular formula is C21H27ClF3N5. The van der Waals surface area contributed by atoms with E-state index in [4.69, 9.17) is 11.6 Å². The first kappa shape index (κ1) is 21.6. The minimum Gasteiger partial charge on any atom is -0.339 e. The lowest BCUT2D eigenvalue weighted by molar-refractivity contribution is -0.145. The van der Waals surface area contributed by atoms with Gasteiger partial charge in [-0.1, -0.05) is 23.7 Å². The summed E-state index contributed by atoms with van der Waals surface area (Å²) in [7, 11) is 0. The summed E-state index contributed by atoms with van der Waals surface area (Å²) in [5.74, 6) is 0.255. The van der Waals surface area contributed by atoms with E-state index in [-0.39, 0.29) is 12.4 Å². The Hall–Kier alpha value is -1.64. The fourth-order valence-corrected chi connectivity index (χ4v) is 4.53. The van der Waals surface area contributed by atoms with Gasteiger partial charge in [0.2, 0.25) is 5.96 Å². The molecule has 0 radical (unpaired) electrons. The highest BCUT2D eigenvalue weighted by Crippen LogP contribution is 2.29. The second-order valence-electron chi connectivity index (χ2n) is 8.36. The van der Waals surface area contributed by atoms with Crippen LogP contribution < -0.4 is 0 Å². The molecule has 4 rings (SSSR count). The van der Waals surface area contributed by atoms with Crippen molar-refractivity contribution in [1.82, 2.24) is 14.7 Å². The maximum absolute atomic E-state index is 13.2. The number of guanidine groups is 1. The number of hydrogen-bond acceptors (Lipinski definition) is 5. The fourth-order valence-electron chi connectivity index (χ4n) is 4.41. The van der Waals surface area contributed by atoms with Crippen molar-refractivity contribution in [1.29, 1.82) is 0 Å². The van der Waals surface area contributed by atoms with Crippen molar-refractivity contribution in [3.8, 4) is 0 Å². The number of benzene rings is 1. The Labute approximate surface area is 180 Å². The van der Waals surface area contributed by atoms with Gasteiger partial charge in [0, 0.05) is 69.0 Å². The normalized spacial score (nSPS) is 26.6. The molecular weight excluding hydrogens is 415 g/mol. The molecule has 2 atom stereocenters. The van der Waals surface area contributed by atoms with Gasteiger partial charge in [-0.05, 0) is 31.0 Å². The van der Waals surface area contributed by atoms with Crippen LogP contribution in [-0.2, 0) is 6.54 Å². The van der Waals surface area contributed by atoms with Gasteiger partial charge in [-0.2, -0.15) is 13.2 Å². The van der Waals surface area contributed by atoms with E-state index in [0.717, 1.165) is 44.2 Å². The Morgan fingerprint density at radius 2 is 1.77 bits per heavy atom. The van der Waals surface area contributed by atoms with Crippen LogP contribution in [0.2, 0.25) is 5.02 Å². The zero-order valence-electron chi connectivity index (χ0n) is 17.1. The predicted octanol–water partition coefficient (Wildman–Crippen LogP) is 3.68. The van der Waals surface area contributed by atoms with Crippen molar-refractivity contribution in [2.45, 2.75) is 44.6 Å². The van der Waals surface area contributed by atoms with Gasteiger partial charge in [0.1, 0.15) is 0 Å². The van der Waals surface area contributed by atoms with Crippen molar-refractivity contribution < 1.29 is 13.2 Å². The van der Waals surface area contributed by atoms with E-state index < -0.39 is 12.2 Å². The second kappa shape index (κ2) is 8.85. The molecule has 164 valence electrons. The molecule has 0 saturated carbocycles. The number of aliphatic imine (C=N–C) groups is 2. The Balaban J connectivity index is 1.30. The van der Waals surface area contributed by atoms with Gasteiger partial charge < -0.3 is 4.90 Å². The van der Waals surface area contributed by atoms with Crippen LogP contribution in [0.25, 0.3) is 0 Å². The van der Waals surface area contributed by atoms with E-state index in [1.54, 1.807) is 6.92 Å². The molecule has 3 aliphatic heterocycles. The maximum Gasteiger partial charge on any atom is 0.411 e. The lowest BCUT2D eigenvalue weighted by Crippen LogP contribution is -2.50. The molecule has 3 heterocycles. The first-order valence-electron chi connectivity index (χ1n) is 10.4. The monoisotopic (exact) mass is 441 g/mol. The smallest absolute Gasteiger partial charge is 0.339 e. The van der Waals surface area contributed by atoms with Crippen LogP contribution in [0.5, 0.6) is 0 Å². The summed E-state index contributed by atoms with van der Waals surface area (Å²) in [4.78, 5) is 15.1. The average Bonchev–Trinajstić information content (AvgIpc) is 3.19. The largest absolute Gasteiger partial charge is 0.411 e.